The van der Waals surface area contributed by atoms with Crippen molar-refractivity contribution < 1.29 is 9.59 Å². The summed E-state index contributed by atoms with van der Waals surface area (Å²) in [7, 11) is 0. The first-order valence-corrected chi connectivity index (χ1v) is 8.86. The van der Waals surface area contributed by atoms with Gasteiger partial charge in [0.1, 0.15) is 5.78 Å². The number of allylic oxidation sites excluding steroid dienone is 5. The van der Waals surface area contributed by atoms with Crippen LogP contribution in [0.25, 0.3) is 0 Å². The largest absolute Gasteiger partial charge is 0.299 e. The van der Waals surface area contributed by atoms with Gasteiger partial charge in [-0.2, -0.15) is 0 Å². The molecule has 3 fully saturated rings. The third kappa shape index (κ3) is 1.88. The summed E-state index contributed by atoms with van der Waals surface area (Å²) < 4.78 is 0. The van der Waals surface area contributed by atoms with E-state index in [1.54, 1.807) is 6.08 Å². The molecule has 0 aliphatic heterocycles. The van der Waals surface area contributed by atoms with Crippen molar-refractivity contribution >= 4 is 11.6 Å². The van der Waals surface area contributed by atoms with Crippen molar-refractivity contribution in [3.05, 3.63) is 42.2 Å². The molecule has 0 radical (unpaired) electrons. The van der Waals surface area contributed by atoms with Crippen LogP contribution in [0.4, 0.5) is 0 Å². The molecule has 0 amide bonds. The number of ketones is 2. The molecule has 0 spiro atoms. The maximum atomic E-state index is 12.4. The highest BCUT2D eigenvalue weighted by molar-refractivity contribution is 6.01. The fourth-order valence-corrected chi connectivity index (χ4v) is 6.12. The molecule has 4 rings (SSSR count). The number of Topliss-reactive ketones (excluding diaryl/α,β-unsaturated/α-hetero) is 1. The van der Waals surface area contributed by atoms with Crippen LogP contribution in [-0.4, -0.2) is 11.6 Å². The third-order valence-electron chi connectivity index (χ3n) is 7.24. The monoisotopic (exact) mass is 308 g/mol. The summed E-state index contributed by atoms with van der Waals surface area (Å²) in [5.74, 6) is 2.13. The van der Waals surface area contributed by atoms with E-state index < -0.39 is 0 Å². The van der Waals surface area contributed by atoms with E-state index in [9.17, 15) is 9.59 Å². The number of carbonyl (C=O) groups excluding carboxylic acids is 2. The minimum atomic E-state index is -0.189. The second-order valence-corrected chi connectivity index (χ2v) is 8.02. The van der Waals surface area contributed by atoms with Gasteiger partial charge in [-0.15, -0.1) is 5.73 Å². The molecule has 0 bridgehead atoms. The molecule has 4 aliphatic rings. The molecular formula is C21H24O2. The van der Waals surface area contributed by atoms with E-state index in [-0.39, 0.29) is 16.6 Å². The molecule has 2 heteroatoms. The number of hydrogen-bond acceptors (Lipinski definition) is 2. The summed E-state index contributed by atoms with van der Waals surface area (Å²) in [6.45, 7) is 6.01. The minimum Gasteiger partial charge on any atom is -0.299 e. The van der Waals surface area contributed by atoms with Crippen molar-refractivity contribution in [1.29, 1.82) is 0 Å². The molecule has 0 aromatic carbocycles. The fraction of sp³-hybridized carbons (Fsp3) is 0.571. The van der Waals surface area contributed by atoms with Crippen LogP contribution < -0.4 is 0 Å². The van der Waals surface area contributed by atoms with Crippen molar-refractivity contribution in [2.24, 2.45) is 28.6 Å². The first-order valence-electron chi connectivity index (χ1n) is 8.86. The summed E-state index contributed by atoms with van der Waals surface area (Å²) in [4.78, 5) is 24.3. The zero-order valence-electron chi connectivity index (χ0n) is 13.8. The lowest BCUT2D eigenvalue weighted by molar-refractivity contribution is -0.131. The lowest BCUT2D eigenvalue weighted by Gasteiger charge is -2.55. The van der Waals surface area contributed by atoms with Crippen molar-refractivity contribution in [3.8, 4) is 0 Å². The average molecular weight is 308 g/mol. The zero-order valence-corrected chi connectivity index (χ0v) is 13.8. The molecule has 23 heavy (non-hydrogen) atoms. The first-order chi connectivity index (χ1) is 11.0. The lowest BCUT2D eigenvalue weighted by Crippen LogP contribution is -2.50. The second-order valence-electron chi connectivity index (χ2n) is 8.02. The number of hydrogen-bond donors (Lipinski definition) is 0. The Balaban J connectivity index is 1.79. The van der Waals surface area contributed by atoms with Gasteiger partial charge in [-0.05, 0) is 68.1 Å². The first kappa shape index (κ1) is 14.9. The van der Waals surface area contributed by atoms with Gasteiger partial charge in [-0.1, -0.05) is 25.2 Å². The Kier molecular flexibility index (Phi) is 3.19. The standard InChI is InChI=1S/C21H24O2/c1-3-10-21-12-8-15(22)13-14(21)4-5-16-17-6-7-19(23)20(17,2)11-9-18(16)21/h8,10,12-13,16-18H,1,4-7,9,11H2,2H3. The van der Waals surface area contributed by atoms with Crippen LogP contribution in [-0.2, 0) is 9.59 Å². The summed E-state index contributed by atoms with van der Waals surface area (Å²) in [5, 5.41) is 0. The molecule has 4 aliphatic carbocycles. The second kappa shape index (κ2) is 4.92. The smallest absolute Gasteiger partial charge is 0.178 e. The Morgan fingerprint density at radius 1 is 1.22 bits per heavy atom. The molecule has 0 heterocycles. The van der Waals surface area contributed by atoms with Crippen LogP contribution in [0.15, 0.2) is 42.2 Å². The van der Waals surface area contributed by atoms with Gasteiger partial charge in [0.25, 0.3) is 0 Å². The van der Waals surface area contributed by atoms with E-state index in [1.807, 2.05) is 6.08 Å². The number of rotatable bonds is 1. The Hall–Kier alpha value is -1.66. The van der Waals surface area contributed by atoms with Gasteiger partial charge in [0.2, 0.25) is 0 Å². The Labute approximate surface area is 138 Å². The minimum absolute atomic E-state index is 0.100. The van der Waals surface area contributed by atoms with Crippen molar-refractivity contribution in [2.75, 3.05) is 0 Å². The predicted octanol–water partition coefficient (Wildman–Crippen LogP) is 4.18. The van der Waals surface area contributed by atoms with E-state index in [0.29, 0.717) is 23.5 Å². The Morgan fingerprint density at radius 3 is 2.83 bits per heavy atom. The van der Waals surface area contributed by atoms with E-state index >= 15 is 0 Å². The molecule has 0 aromatic heterocycles. The van der Waals surface area contributed by atoms with Gasteiger partial charge in [0.05, 0.1) is 0 Å². The van der Waals surface area contributed by atoms with E-state index in [4.69, 9.17) is 0 Å². The SMILES string of the molecule is C=C=CC12C=CC(=O)C=C1CCC1C2CCC2(C)C(=O)CCC12. The number of carbonyl (C=O) groups is 2. The Bertz CT molecular complexity index is 691. The van der Waals surface area contributed by atoms with E-state index in [1.165, 1.54) is 5.57 Å². The molecule has 0 N–H and O–H groups in total. The highest BCUT2D eigenvalue weighted by atomic mass is 16.1. The van der Waals surface area contributed by atoms with Crippen LogP contribution >= 0.6 is 0 Å². The molecule has 0 aromatic rings. The molecule has 5 atom stereocenters. The maximum absolute atomic E-state index is 12.4. The molecule has 0 saturated heterocycles. The summed E-state index contributed by atoms with van der Waals surface area (Å²) in [6, 6.07) is 0. The van der Waals surface area contributed by atoms with Crippen LogP contribution in [0.2, 0.25) is 0 Å². The predicted molar refractivity (Wildman–Crippen MR) is 89.7 cm³/mol. The van der Waals surface area contributed by atoms with E-state index in [0.717, 1.165) is 38.5 Å². The topological polar surface area (TPSA) is 34.1 Å². The van der Waals surface area contributed by atoms with Gasteiger partial charge >= 0.3 is 0 Å². The van der Waals surface area contributed by atoms with Crippen LogP contribution in [0.5, 0.6) is 0 Å². The van der Waals surface area contributed by atoms with Gasteiger partial charge < -0.3 is 0 Å². The molecule has 5 unspecified atom stereocenters. The lowest BCUT2D eigenvalue weighted by atomic mass is 9.48. The van der Waals surface area contributed by atoms with Crippen LogP contribution in [0.3, 0.4) is 0 Å². The van der Waals surface area contributed by atoms with E-state index in [2.05, 4.69) is 31.4 Å². The van der Waals surface area contributed by atoms with Gasteiger partial charge in [-0.25, -0.2) is 0 Å². The highest BCUT2D eigenvalue weighted by Gasteiger charge is 2.59. The third-order valence-corrected chi connectivity index (χ3v) is 7.24. The molecule has 120 valence electrons. The summed E-state index contributed by atoms with van der Waals surface area (Å²) in [6.07, 6.45) is 13.6. The average Bonchev–Trinajstić information content (AvgIpc) is 2.84. The molecule has 2 nitrogen and oxygen atoms in total. The van der Waals surface area contributed by atoms with Gasteiger partial charge in [-0.3, -0.25) is 9.59 Å². The molecule has 3 saturated carbocycles. The fourth-order valence-electron chi connectivity index (χ4n) is 6.12. The van der Waals surface area contributed by atoms with Gasteiger partial charge in [0.15, 0.2) is 5.78 Å². The maximum Gasteiger partial charge on any atom is 0.178 e. The number of fused-ring (bicyclic) bond motifs is 5. The van der Waals surface area contributed by atoms with Gasteiger partial charge in [0, 0.05) is 17.3 Å². The Morgan fingerprint density at radius 2 is 2.04 bits per heavy atom. The quantitative estimate of drug-likeness (QED) is 0.681. The van der Waals surface area contributed by atoms with Crippen molar-refractivity contribution in [2.45, 2.75) is 45.4 Å². The van der Waals surface area contributed by atoms with Crippen LogP contribution in [0, 0.1) is 28.6 Å². The summed E-state index contributed by atoms with van der Waals surface area (Å²) >= 11 is 0. The highest BCUT2D eigenvalue weighted by Crippen LogP contribution is 2.63. The molecular weight excluding hydrogens is 284 g/mol. The zero-order chi connectivity index (χ0) is 16.2. The summed E-state index contributed by atoms with van der Waals surface area (Å²) in [5.41, 5.74) is 3.95. The van der Waals surface area contributed by atoms with Crippen molar-refractivity contribution in [3.63, 3.8) is 0 Å². The van der Waals surface area contributed by atoms with Crippen LogP contribution in [0.1, 0.15) is 45.4 Å². The normalized spacial score (nSPS) is 44.7. The van der Waals surface area contributed by atoms with Crippen molar-refractivity contribution in [1.82, 2.24) is 0 Å².